The van der Waals surface area contributed by atoms with Crippen molar-refractivity contribution in [2.24, 2.45) is 0 Å². The lowest BCUT2D eigenvalue weighted by molar-refractivity contribution is -0.00125. The zero-order chi connectivity index (χ0) is 18.6. The molecule has 144 valence electrons. The highest BCUT2D eigenvalue weighted by Gasteiger charge is 2.46. The van der Waals surface area contributed by atoms with Crippen LogP contribution in [0.4, 0.5) is 4.79 Å². The maximum Gasteiger partial charge on any atom is 0.410 e. The fraction of sp³-hybridized carbons (Fsp3) is 0.650. The Balaban J connectivity index is 1.49. The molecule has 2 aliphatic rings. The minimum absolute atomic E-state index is 0.120. The summed E-state index contributed by atoms with van der Waals surface area (Å²) in [6, 6.07) is 8.77. The predicted octanol–water partition coefficient (Wildman–Crippen LogP) is 3.15. The van der Waals surface area contributed by atoms with Gasteiger partial charge >= 0.3 is 6.09 Å². The third kappa shape index (κ3) is 4.93. The summed E-state index contributed by atoms with van der Waals surface area (Å²) in [5.41, 5.74) is 1.11. The van der Waals surface area contributed by atoms with Gasteiger partial charge in [0.1, 0.15) is 5.60 Å². The first-order chi connectivity index (χ1) is 12.5. The van der Waals surface area contributed by atoms with E-state index in [0.717, 1.165) is 58.5 Å². The highest BCUT2D eigenvalue weighted by atomic mass is 32.2. The van der Waals surface area contributed by atoms with E-state index in [2.05, 4.69) is 54.4 Å². The van der Waals surface area contributed by atoms with Crippen LogP contribution in [0, 0.1) is 0 Å². The van der Waals surface area contributed by atoms with E-state index in [-0.39, 0.29) is 11.7 Å². The number of piperidine rings is 1. The van der Waals surface area contributed by atoms with Crippen LogP contribution < -0.4 is 0 Å². The Labute approximate surface area is 161 Å². The molecule has 0 radical (unpaired) electrons. The summed E-state index contributed by atoms with van der Waals surface area (Å²) < 4.78 is 5.84. The topological polar surface area (TPSA) is 36.0 Å². The number of benzene rings is 1. The van der Waals surface area contributed by atoms with Crippen molar-refractivity contribution in [1.29, 1.82) is 0 Å². The lowest BCUT2D eigenvalue weighted by Crippen LogP contribution is -2.46. The standard InChI is InChI=1S/C20H31N3O2S/c1-21(2)10-5-11-23-16-20(25-19(23)24)8-12-22(13-9-20)15-17-6-4-7-18(14-17)26-3/h4,6-7,14H,5,8-13,15-16H2,1-3H3. The van der Waals surface area contributed by atoms with E-state index >= 15 is 0 Å². The van der Waals surface area contributed by atoms with Crippen molar-refractivity contribution in [3.63, 3.8) is 0 Å². The third-order valence-electron chi connectivity index (χ3n) is 5.38. The average molecular weight is 378 g/mol. The first kappa shape index (κ1) is 19.5. The molecule has 2 aliphatic heterocycles. The Kier molecular flexibility index (Phi) is 6.48. The molecule has 1 amide bonds. The fourth-order valence-electron chi connectivity index (χ4n) is 3.85. The van der Waals surface area contributed by atoms with Crippen LogP contribution in [-0.2, 0) is 11.3 Å². The first-order valence-electron chi connectivity index (χ1n) is 9.48. The van der Waals surface area contributed by atoms with Gasteiger partial charge in [0.2, 0.25) is 0 Å². The van der Waals surface area contributed by atoms with Gasteiger partial charge in [-0.3, -0.25) is 4.90 Å². The smallest absolute Gasteiger partial charge is 0.410 e. The fourth-order valence-corrected chi connectivity index (χ4v) is 4.33. The molecule has 26 heavy (non-hydrogen) atoms. The van der Waals surface area contributed by atoms with E-state index in [1.54, 1.807) is 11.8 Å². The molecule has 0 unspecified atom stereocenters. The third-order valence-corrected chi connectivity index (χ3v) is 6.11. The van der Waals surface area contributed by atoms with Crippen molar-refractivity contribution in [1.82, 2.24) is 14.7 Å². The van der Waals surface area contributed by atoms with Gasteiger partial charge in [0.15, 0.2) is 0 Å². The Morgan fingerprint density at radius 1 is 1.27 bits per heavy atom. The molecule has 3 rings (SSSR count). The van der Waals surface area contributed by atoms with Crippen molar-refractivity contribution in [2.45, 2.75) is 36.3 Å². The van der Waals surface area contributed by atoms with E-state index in [0.29, 0.717) is 0 Å². The zero-order valence-corrected chi connectivity index (χ0v) is 17.1. The number of hydrogen-bond donors (Lipinski definition) is 0. The number of likely N-dealkylation sites (tertiary alicyclic amines) is 1. The molecule has 1 aromatic rings. The maximum absolute atomic E-state index is 12.2. The highest BCUT2D eigenvalue weighted by Crippen LogP contribution is 2.33. The number of ether oxygens (including phenoxy) is 1. The normalized spacial score (nSPS) is 20.2. The van der Waals surface area contributed by atoms with Crippen molar-refractivity contribution in [2.75, 3.05) is 53.1 Å². The van der Waals surface area contributed by atoms with Crippen LogP contribution in [0.1, 0.15) is 24.8 Å². The van der Waals surface area contributed by atoms with Gasteiger partial charge in [-0.1, -0.05) is 12.1 Å². The predicted molar refractivity (Wildman–Crippen MR) is 107 cm³/mol. The lowest BCUT2D eigenvalue weighted by atomic mass is 9.91. The molecule has 0 aliphatic carbocycles. The van der Waals surface area contributed by atoms with Gasteiger partial charge in [-0.25, -0.2) is 4.79 Å². The number of hydrogen-bond acceptors (Lipinski definition) is 5. The Morgan fingerprint density at radius 3 is 2.73 bits per heavy atom. The molecule has 2 saturated heterocycles. The summed E-state index contributed by atoms with van der Waals surface area (Å²) >= 11 is 1.78. The summed E-state index contributed by atoms with van der Waals surface area (Å²) in [6.45, 7) is 5.51. The molecule has 2 fully saturated rings. The molecule has 0 aromatic heterocycles. The second-order valence-electron chi connectivity index (χ2n) is 7.76. The molecule has 1 spiro atoms. The van der Waals surface area contributed by atoms with Crippen molar-refractivity contribution >= 4 is 17.9 Å². The molecule has 2 heterocycles. The summed E-state index contributed by atoms with van der Waals surface area (Å²) in [4.78, 5) is 20.1. The Hall–Kier alpha value is -1.24. The molecular formula is C20H31N3O2S. The monoisotopic (exact) mass is 377 g/mol. The van der Waals surface area contributed by atoms with Gasteiger partial charge in [-0.15, -0.1) is 11.8 Å². The number of carbonyl (C=O) groups is 1. The van der Waals surface area contributed by atoms with E-state index in [1.807, 2.05) is 4.90 Å². The summed E-state index contributed by atoms with van der Waals surface area (Å²) in [5.74, 6) is 0. The number of amides is 1. The van der Waals surface area contributed by atoms with Crippen LogP contribution in [0.3, 0.4) is 0 Å². The molecule has 0 saturated carbocycles. The van der Waals surface area contributed by atoms with E-state index in [9.17, 15) is 4.79 Å². The van der Waals surface area contributed by atoms with Crippen LogP contribution in [0.15, 0.2) is 29.2 Å². The van der Waals surface area contributed by atoms with Gasteiger partial charge < -0.3 is 14.5 Å². The van der Waals surface area contributed by atoms with Crippen LogP contribution in [-0.4, -0.2) is 79.5 Å². The average Bonchev–Trinajstić information content (AvgIpc) is 2.92. The number of nitrogens with zero attached hydrogens (tertiary/aromatic N) is 3. The number of carbonyl (C=O) groups excluding carboxylic acids is 1. The van der Waals surface area contributed by atoms with Crippen LogP contribution in [0.25, 0.3) is 0 Å². The number of thioether (sulfide) groups is 1. The van der Waals surface area contributed by atoms with Gasteiger partial charge in [-0.05, 0) is 51.0 Å². The maximum atomic E-state index is 12.2. The first-order valence-corrected chi connectivity index (χ1v) is 10.7. The highest BCUT2D eigenvalue weighted by molar-refractivity contribution is 7.98. The van der Waals surface area contributed by atoms with Gasteiger partial charge in [0, 0.05) is 43.9 Å². The van der Waals surface area contributed by atoms with Gasteiger partial charge in [0.05, 0.1) is 6.54 Å². The largest absolute Gasteiger partial charge is 0.441 e. The van der Waals surface area contributed by atoms with Crippen LogP contribution >= 0.6 is 11.8 Å². The zero-order valence-electron chi connectivity index (χ0n) is 16.2. The van der Waals surface area contributed by atoms with E-state index in [4.69, 9.17) is 4.74 Å². The molecule has 6 heteroatoms. The van der Waals surface area contributed by atoms with Gasteiger partial charge in [-0.2, -0.15) is 0 Å². The SMILES string of the molecule is CSc1cccc(CN2CCC3(CC2)CN(CCCN(C)C)C(=O)O3)c1. The molecule has 0 atom stereocenters. The Morgan fingerprint density at radius 2 is 2.04 bits per heavy atom. The summed E-state index contributed by atoms with van der Waals surface area (Å²) in [6.07, 6.45) is 4.86. The van der Waals surface area contributed by atoms with Crippen molar-refractivity contribution < 1.29 is 9.53 Å². The quantitative estimate of drug-likeness (QED) is 0.682. The van der Waals surface area contributed by atoms with Gasteiger partial charge in [0.25, 0.3) is 0 Å². The van der Waals surface area contributed by atoms with Crippen LogP contribution in [0.5, 0.6) is 0 Å². The van der Waals surface area contributed by atoms with Crippen LogP contribution in [0.2, 0.25) is 0 Å². The van der Waals surface area contributed by atoms with Crippen molar-refractivity contribution in [3.05, 3.63) is 29.8 Å². The van der Waals surface area contributed by atoms with Crippen molar-refractivity contribution in [3.8, 4) is 0 Å². The second kappa shape index (κ2) is 8.63. The lowest BCUT2D eigenvalue weighted by Gasteiger charge is -2.37. The summed E-state index contributed by atoms with van der Waals surface area (Å²) in [7, 11) is 4.13. The van der Waals surface area contributed by atoms with E-state index < -0.39 is 0 Å². The molecule has 5 nitrogen and oxygen atoms in total. The summed E-state index contributed by atoms with van der Waals surface area (Å²) in [5, 5.41) is 0. The van der Waals surface area contributed by atoms with E-state index in [1.165, 1.54) is 10.5 Å². The molecule has 0 N–H and O–H groups in total. The molecule has 1 aromatic carbocycles. The minimum Gasteiger partial charge on any atom is -0.441 e. The minimum atomic E-state index is -0.257. The second-order valence-corrected chi connectivity index (χ2v) is 8.64. The number of rotatable bonds is 7. The Bertz CT molecular complexity index is 615. The molecular weight excluding hydrogens is 346 g/mol. The molecule has 0 bridgehead atoms.